The van der Waals surface area contributed by atoms with E-state index in [2.05, 4.69) is 10.1 Å². The van der Waals surface area contributed by atoms with E-state index >= 15 is 0 Å². The molecule has 0 saturated heterocycles. The number of aromatic nitrogens is 3. The van der Waals surface area contributed by atoms with Crippen LogP contribution in [0.2, 0.25) is 0 Å². The minimum absolute atomic E-state index is 0.536. The minimum atomic E-state index is 0.536. The molecular weight excluding hydrogens is 164 g/mol. The third-order valence-electron chi connectivity index (χ3n) is 1.81. The number of nitrogen functional groups attached to an aromatic ring is 1. The summed E-state index contributed by atoms with van der Waals surface area (Å²) < 4.78 is 1.79. The maximum Gasteiger partial charge on any atom is 0.146 e. The third kappa shape index (κ3) is 1.38. The molecule has 0 saturated carbocycles. The minimum Gasteiger partial charge on any atom is -0.382 e. The first-order valence-electron chi connectivity index (χ1n) is 4.00. The van der Waals surface area contributed by atoms with E-state index in [1.165, 1.54) is 0 Å². The van der Waals surface area contributed by atoms with Crippen molar-refractivity contribution in [3.63, 3.8) is 0 Å². The first-order chi connectivity index (χ1) is 6.27. The van der Waals surface area contributed by atoms with Gasteiger partial charge in [-0.1, -0.05) is 0 Å². The largest absolute Gasteiger partial charge is 0.382 e. The monoisotopic (exact) mass is 174 g/mol. The second-order valence-electron chi connectivity index (χ2n) is 2.83. The molecule has 0 aliphatic carbocycles. The first-order valence-corrected chi connectivity index (χ1v) is 4.00. The summed E-state index contributed by atoms with van der Waals surface area (Å²) in [6.07, 6.45) is 3.46. The second-order valence-corrected chi connectivity index (χ2v) is 2.83. The summed E-state index contributed by atoms with van der Waals surface area (Å²) in [6, 6.07) is 5.61. The van der Waals surface area contributed by atoms with Crippen molar-refractivity contribution in [2.75, 3.05) is 5.73 Å². The Hall–Kier alpha value is -1.84. The molecule has 2 aromatic heterocycles. The molecule has 0 bridgehead atoms. The normalized spacial score (nSPS) is 10.2. The Bertz CT molecular complexity index is 405. The molecule has 0 aromatic carbocycles. The summed E-state index contributed by atoms with van der Waals surface area (Å²) in [5.74, 6) is 0.536. The van der Waals surface area contributed by atoms with Crippen LogP contribution >= 0.6 is 0 Å². The molecule has 0 amide bonds. The SMILES string of the molecule is Cc1cc(N)nn1-c1ccncc1. The fraction of sp³-hybridized carbons (Fsp3) is 0.111. The molecule has 2 aromatic rings. The fourth-order valence-corrected chi connectivity index (χ4v) is 1.24. The van der Waals surface area contributed by atoms with Gasteiger partial charge in [-0.25, -0.2) is 4.68 Å². The number of nitrogens with zero attached hydrogens (tertiary/aromatic N) is 3. The van der Waals surface area contributed by atoms with Crippen molar-refractivity contribution in [1.29, 1.82) is 0 Å². The molecule has 2 rings (SSSR count). The summed E-state index contributed by atoms with van der Waals surface area (Å²) in [6.45, 7) is 1.96. The lowest BCUT2D eigenvalue weighted by molar-refractivity contribution is 0.849. The molecule has 0 aliphatic rings. The third-order valence-corrected chi connectivity index (χ3v) is 1.81. The lowest BCUT2D eigenvalue weighted by Gasteiger charge is -2.01. The van der Waals surface area contributed by atoms with Gasteiger partial charge in [0, 0.05) is 24.2 Å². The molecule has 4 heteroatoms. The van der Waals surface area contributed by atoms with Crippen molar-refractivity contribution in [2.24, 2.45) is 0 Å². The van der Waals surface area contributed by atoms with E-state index in [4.69, 9.17) is 5.73 Å². The van der Waals surface area contributed by atoms with Gasteiger partial charge in [-0.3, -0.25) is 4.98 Å². The highest BCUT2D eigenvalue weighted by Gasteiger charge is 2.02. The maximum atomic E-state index is 5.57. The van der Waals surface area contributed by atoms with Crippen molar-refractivity contribution in [2.45, 2.75) is 6.92 Å². The van der Waals surface area contributed by atoms with Gasteiger partial charge in [-0.2, -0.15) is 5.10 Å². The molecule has 0 atom stereocenters. The molecular formula is C9H10N4. The number of aryl methyl sites for hydroxylation is 1. The van der Waals surface area contributed by atoms with E-state index in [9.17, 15) is 0 Å². The highest BCUT2D eigenvalue weighted by molar-refractivity contribution is 5.37. The Balaban J connectivity index is 2.53. The van der Waals surface area contributed by atoms with E-state index < -0.39 is 0 Å². The Kier molecular flexibility index (Phi) is 1.73. The van der Waals surface area contributed by atoms with Crippen LogP contribution in [0.4, 0.5) is 5.82 Å². The van der Waals surface area contributed by atoms with Gasteiger partial charge in [0.05, 0.1) is 5.69 Å². The predicted octanol–water partition coefficient (Wildman–Crippen LogP) is 1.16. The van der Waals surface area contributed by atoms with Gasteiger partial charge in [0.1, 0.15) is 5.82 Å². The average Bonchev–Trinajstić information content (AvgIpc) is 2.47. The molecule has 2 heterocycles. The molecule has 0 unspecified atom stereocenters. The van der Waals surface area contributed by atoms with Crippen molar-refractivity contribution in [3.05, 3.63) is 36.3 Å². The number of nitrogens with two attached hydrogens (primary N) is 1. The molecule has 0 aliphatic heterocycles. The summed E-state index contributed by atoms with van der Waals surface area (Å²) in [5, 5.41) is 4.15. The van der Waals surface area contributed by atoms with Crippen LogP contribution in [0.15, 0.2) is 30.6 Å². The fourth-order valence-electron chi connectivity index (χ4n) is 1.24. The first kappa shape index (κ1) is 7.79. The van der Waals surface area contributed by atoms with Crippen LogP contribution in [0.1, 0.15) is 5.69 Å². The lowest BCUT2D eigenvalue weighted by Crippen LogP contribution is -1.99. The van der Waals surface area contributed by atoms with Crippen molar-refractivity contribution in [1.82, 2.24) is 14.8 Å². The summed E-state index contributed by atoms with van der Waals surface area (Å²) in [5.41, 5.74) is 7.56. The molecule has 2 N–H and O–H groups in total. The van der Waals surface area contributed by atoms with Gasteiger partial charge < -0.3 is 5.73 Å². The molecule has 4 nitrogen and oxygen atoms in total. The Morgan fingerprint density at radius 2 is 2.00 bits per heavy atom. The van der Waals surface area contributed by atoms with Crippen LogP contribution in [-0.4, -0.2) is 14.8 Å². The number of hydrogen-bond acceptors (Lipinski definition) is 3. The quantitative estimate of drug-likeness (QED) is 0.705. The predicted molar refractivity (Wildman–Crippen MR) is 50.5 cm³/mol. The maximum absolute atomic E-state index is 5.57. The van der Waals surface area contributed by atoms with Crippen molar-refractivity contribution >= 4 is 5.82 Å². The van der Waals surface area contributed by atoms with Crippen LogP contribution < -0.4 is 5.73 Å². The number of pyridine rings is 1. The van der Waals surface area contributed by atoms with Gasteiger partial charge in [0.15, 0.2) is 0 Å². The summed E-state index contributed by atoms with van der Waals surface area (Å²) in [4.78, 5) is 3.93. The van der Waals surface area contributed by atoms with Gasteiger partial charge in [0.25, 0.3) is 0 Å². The van der Waals surface area contributed by atoms with Crippen LogP contribution in [0.3, 0.4) is 0 Å². The summed E-state index contributed by atoms with van der Waals surface area (Å²) in [7, 11) is 0. The van der Waals surface area contributed by atoms with Crippen LogP contribution in [0.5, 0.6) is 0 Å². The van der Waals surface area contributed by atoms with E-state index in [1.807, 2.05) is 25.1 Å². The van der Waals surface area contributed by atoms with Crippen molar-refractivity contribution < 1.29 is 0 Å². The Morgan fingerprint density at radius 3 is 2.54 bits per heavy atom. The molecule has 0 radical (unpaired) electrons. The van der Waals surface area contributed by atoms with Gasteiger partial charge >= 0.3 is 0 Å². The standard InChI is InChI=1S/C9H10N4/c1-7-6-9(10)12-13(7)8-2-4-11-5-3-8/h2-6H,1H3,(H2,10,12). The zero-order valence-electron chi connectivity index (χ0n) is 7.31. The van der Waals surface area contributed by atoms with E-state index in [1.54, 1.807) is 17.1 Å². The van der Waals surface area contributed by atoms with E-state index in [0.29, 0.717) is 5.82 Å². The van der Waals surface area contributed by atoms with Gasteiger partial charge in [-0.15, -0.1) is 0 Å². The van der Waals surface area contributed by atoms with Gasteiger partial charge in [0.2, 0.25) is 0 Å². The lowest BCUT2D eigenvalue weighted by atomic mass is 10.4. The number of hydrogen-bond donors (Lipinski definition) is 1. The average molecular weight is 174 g/mol. The highest BCUT2D eigenvalue weighted by atomic mass is 15.3. The van der Waals surface area contributed by atoms with Crippen molar-refractivity contribution in [3.8, 4) is 5.69 Å². The van der Waals surface area contributed by atoms with Crippen LogP contribution in [-0.2, 0) is 0 Å². The zero-order chi connectivity index (χ0) is 9.26. The molecule has 13 heavy (non-hydrogen) atoms. The topological polar surface area (TPSA) is 56.7 Å². The van der Waals surface area contributed by atoms with Crippen LogP contribution in [0.25, 0.3) is 5.69 Å². The molecule has 0 fully saturated rings. The van der Waals surface area contributed by atoms with E-state index in [-0.39, 0.29) is 0 Å². The zero-order valence-corrected chi connectivity index (χ0v) is 7.31. The molecule has 0 spiro atoms. The summed E-state index contributed by atoms with van der Waals surface area (Å²) >= 11 is 0. The Labute approximate surface area is 76.0 Å². The highest BCUT2D eigenvalue weighted by Crippen LogP contribution is 2.11. The number of rotatable bonds is 1. The van der Waals surface area contributed by atoms with Crippen LogP contribution in [0, 0.1) is 6.92 Å². The van der Waals surface area contributed by atoms with Gasteiger partial charge in [-0.05, 0) is 19.1 Å². The van der Waals surface area contributed by atoms with E-state index in [0.717, 1.165) is 11.4 Å². The molecule has 66 valence electrons. The Morgan fingerprint density at radius 1 is 1.31 bits per heavy atom. The second kappa shape index (κ2) is 2.90. The number of anilines is 1. The smallest absolute Gasteiger partial charge is 0.146 e.